The first-order valence-corrected chi connectivity index (χ1v) is 9.43. The summed E-state index contributed by atoms with van der Waals surface area (Å²) in [5, 5.41) is 11.7. The predicted octanol–water partition coefficient (Wildman–Crippen LogP) is 3.08. The summed E-state index contributed by atoms with van der Waals surface area (Å²) >= 11 is 0. The SMILES string of the molecule is CC(NC(=O)C(C)(C)c1ccc2c(c1)OCCO2)c1ccc(OCC(=O)O)cc1. The van der Waals surface area contributed by atoms with Gasteiger partial charge in [-0.2, -0.15) is 0 Å². The van der Waals surface area contributed by atoms with Gasteiger partial charge in [0.1, 0.15) is 19.0 Å². The first kappa shape index (κ1) is 20.5. The molecule has 0 saturated heterocycles. The van der Waals surface area contributed by atoms with Crippen molar-refractivity contribution in [3.8, 4) is 17.2 Å². The molecule has 3 rings (SSSR count). The molecule has 1 heterocycles. The van der Waals surface area contributed by atoms with Gasteiger partial charge in [-0.3, -0.25) is 4.79 Å². The van der Waals surface area contributed by atoms with Crippen LogP contribution in [0.5, 0.6) is 17.2 Å². The number of aliphatic carboxylic acids is 1. The van der Waals surface area contributed by atoms with Crippen molar-refractivity contribution in [1.82, 2.24) is 5.32 Å². The molecule has 2 N–H and O–H groups in total. The Morgan fingerprint density at radius 3 is 2.41 bits per heavy atom. The second kappa shape index (κ2) is 8.43. The van der Waals surface area contributed by atoms with E-state index in [-0.39, 0.29) is 11.9 Å². The average Bonchev–Trinajstić information content (AvgIpc) is 2.72. The number of carbonyl (C=O) groups excluding carboxylic acids is 1. The highest BCUT2D eigenvalue weighted by atomic mass is 16.6. The van der Waals surface area contributed by atoms with Crippen LogP contribution in [0.25, 0.3) is 0 Å². The molecule has 0 bridgehead atoms. The fourth-order valence-electron chi connectivity index (χ4n) is 3.02. The number of benzene rings is 2. The average molecular weight is 399 g/mol. The monoisotopic (exact) mass is 399 g/mol. The molecule has 1 aliphatic heterocycles. The Morgan fingerprint density at radius 2 is 1.76 bits per heavy atom. The zero-order valence-electron chi connectivity index (χ0n) is 16.7. The summed E-state index contributed by atoms with van der Waals surface area (Å²) in [6.07, 6.45) is 0. The van der Waals surface area contributed by atoms with Gasteiger partial charge in [0.05, 0.1) is 11.5 Å². The van der Waals surface area contributed by atoms with Crippen LogP contribution in [0.2, 0.25) is 0 Å². The number of carbonyl (C=O) groups is 2. The Kier molecular flexibility index (Phi) is 5.96. The van der Waals surface area contributed by atoms with Crippen LogP contribution in [0, 0.1) is 0 Å². The maximum Gasteiger partial charge on any atom is 0.341 e. The Morgan fingerprint density at radius 1 is 1.10 bits per heavy atom. The third kappa shape index (κ3) is 4.80. The Hall–Kier alpha value is -3.22. The van der Waals surface area contributed by atoms with Crippen molar-refractivity contribution in [3.05, 3.63) is 53.6 Å². The van der Waals surface area contributed by atoms with Gasteiger partial charge >= 0.3 is 5.97 Å². The third-order valence-electron chi connectivity index (χ3n) is 4.92. The van der Waals surface area contributed by atoms with Crippen molar-refractivity contribution >= 4 is 11.9 Å². The molecule has 7 heteroatoms. The molecule has 0 spiro atoms. The van der Waals surface area contributed by atoms with Gasteiger partial charge in [-0.05, 0) is 56.2 Å². The van der Waals surface area contributed by atoms with Crippen molar-refractivity contribution in [2.45, 2.75) is 32.2 Å². The number of fused-ring (bicyclic) bond motifs is 1. The minimum Gasteiger partial charge on any atom is -0.486 e. The third-order valence-corrected chi connectivity index (χ3v) is 4.92. The maximum atomic E-state index is 13.0. The topological polar surface area (TPSA) is 94.1 Å². The smallest absolute Gasteiger partial charge is 0.341 e. The van der Waals surface area contributed by atoms with Crippen LogP contribution in [0.4, 0.5) is 0 Å². The highest BCUT2D eigenvalue weighted by molar-refractivity contribution is 5.87. The molecule has 0 saturated carbocycles. The van der Waals surface area contributed by atoms with E-state index in [1.807, 2.05) is 39.0 Å². The van der Waals surface area contributed by atoms with Crippen molar-refractivity contribution in [3.63, 3.8) is 0 Å². The molecule has 0 radical (unpaired) electrons. The lowest BCUT2D eigenvalue weighted by Gasteiger charge is -2.28. The Labute approximate surface area is 169 Å². The van der Waals surface area contributed by atoms with Gasteiger partial charge in [-0.15, -0.1) is 0 Å². The molecule has 1 amide bonds. The lowest BCUT2D eigenvalue weighted by molar-refractivity contribution is -0.139. The molecular weight excluding hydrogens is 374 g/mol. The summed E-state index contributed by atoms with van der Waals surface area (Å²) in [4.78, 5) is 23.6. The normalized spacial score (nSPS) is 14.0. The Balaban J connectivity index is 1.67. The first-order chi connectivity index (χ1) is 13.8. The zero-order valence-corrected chi connectivity index (χ0v) is 16.7. The van der Waals surface area contributed by atoms with Gasteiger partial charge in [0.25, 0.3) is 0 Å². The molecule has 0 aromatic heterocycles. The standard InChI is InChI=1S/C22H25NO6/c1-14(15-4-7-17(8-5-15)29-13-20(24)25)23-21(26)22(2,3)16-6-9-18-19(12-16)28-11-10-27-18/h4-9,12,14H,10-11,13H2,1-3H3,(H,23,26)(H,24,25). The van der Waals surface area contributed by atoms with E-state index in [1.54, 1.807) is 24.3 Å². The molecule has 0 aliphatic carbocycles. The summed E-state index contributed by atoms with van der Waals surface area (Å²) in [5.74, 6) is 0.657. The summed E-state index contributed by atoms with van der Waals surface area (Å²) in [6, 6.07) is 12.3. The number of amides is 1. The lowest BCUT2D eigenvalue weighted by Crippen LogP contribution is -2.41. The van der Waals surface area contributed by atoms with Crippen LogP contribution in [0.3, 0.4) is 0 Å². The number of carboxylic acid groups (broad SMARTS) is 1. The summed E-state index contributed by atoms with van der Waals surface area (Å²) in [7, 11) is 0. The quantitative estimate of drug-likeness (QED) is 0.743. The lowest BCUT2D eigenvalue weighted by atomic mass is 9.83. The molecule has 1 aliphatic rings. The van der Waals surface area contributed by atoms with E-state index in [4.69, 9.17) is 19.3 Å². The van der Waals surface area contributed by atoms with Gasteiger partial charge < -0.3 is 24.6 Å². The van der Waals surface area contributed by atoms with Crippen LogP contribution in [-0.4, -0.2) is 36.8 Å². The van der Waals surface area contributed by atoms with Crippen molar-refractivity contribution in [2.24, 2.45) is 0 Å². The van der Waals surface area contributed by atoms with E-state index in [9.17, 15) is 9.59 Å². The van der Waals surface area contributed by atoms with E-state index in [0.29, 0.717) is 30.5 Å². The molecular formula is C22H25NO6. The molecule has 29 heavy (non-hydrogen) atoms. The largest absolute Gasteiger partial charge is 0.486 e. The number of hydrogen-bond donors (Lipinski definition) is 2. The molecule has 1 unspecified atom stereocenters. The van der Waals surface area contributed by atoms with Gasteiger partial charge in [0.15, 0.2) is 18.1 Å². The van der Waals surface area contributed by atoms with Crippen LogP contribution < -0.4 is 19.5 Å². The number of rotatable bonds is 7. The molecule has 2 aromatic rings. The highest BCUT2D eigenvalue weighted by Gasteiger charge is 2.32. The van der Waals surface area contributed by atoms with E-state index in [0.717, 1.165) is 11.1 Å². The maximum absolute atomic E-state index is 13.0. The predicted molar refractivity (Wildman–Crippen MR) is 107 cm³/mol. The summed E-state index contributed by atoms with van der Waals surface area (Å²) in [6.45, 7) is 6.24. The van der Waals surface area contributed by atoms with Crippen molar-refractivity contribution in [2.75, 3.05) is 19.8 Å². The van der Waals surface area contributed by atoms with E-state index in [1.165, 1.54) is 0 Å². The highest BCUT2D eigenvalue weighted by Crippen LogP contribution is 2.35. The Bertz CT molecular complexity index is 891. The summed E-state index contributed by atoms with van der Waals surface area (Å²) in [5.41, 5.74) is 0.956. The fraction of sp³-hybridized carbons (Fsp3) is 0.364. The van der Waals surface area contributed by atoms with Crippen molar-refractivity contribution in [1.29, 1.82) is 0 Å². The molecule has 154 valence electrons. The van der Waals surface area contributed by atoms with Gasteiger partial charge in [0.2, 0.25) is 5.91 Å². The van der Waals surface area contributed by atoms with Crippen LogP contribution >= 0.6 is 0 Å². The second-order valence-corrected chi connectivity index (χ2v) is 7.43. The summed E-state index contributed by atoms with van der Waals surface area (Å²) < 4.78 is 16.3. The van der Waals surface area contributed by atoms with Crippen molar-refractivity contribution < 1.29 is 28.9 Å². The minimum atomic E-state index is -1.03. The molecule has 0 fully saturated rings. The van der Waals surface area contributed by atoms with Crippen LogP contribution in [-0.2, 0) is 15.0 Å². The molecule has 2 aromatic carbocycles. The fourth-order valence-corrected chi connectivity index (χ4v) is 3.02. The van der Waals surface area contributed by atoms with Gasteiger partial charge in [0, 0.05) is 0 Å². The van der Waals surface area contributed by atoms with E-state index < -0.39 is 18.0 Å². The minimum absolute atomic E-state index is 0.118. The van der Waals surface area contributed by atoms with Crippen LogP contribution in [0.15, 0.2) is 42.5 Å². The van der Waals surface area contributed by atoms with E-state index in [2.05, 4.69) is 5.32 Å². The van der Waals surface area contributed by atoms with Gasteiger partial charge in [-0.25, -0.2) is 4.79 Å². The molecule has 1 atom stereocenters. The van der Waals surface area contributed by atoms with Crippen LogP contribution in [0.1, 0.15) is 37.9 Å². The number of carboxylic acids is 1. The zero-order chi connectivity index (χ0) is 21.0. The van der Waals surface area contributed by atoms with E-state index >= 15 is 0 Å². The number of hydrogen-bond acceptors (Lipinski definition) is 5. The van der Waals surface area contributed by atoms with Gasteiger partial charge in [-0.1, -0.05) is 18.2 Å². The molecule has 7 nitrogen and oxygen atoms in total. The first-order valence-electron chi connectivity index (χ1n) is 9.43. The number of ether oxygens (including phenoxy) is 3. The number of nitrogens with one attached hydrogen (secondary N) is 1. The second-order valence-electron chi connectivity index (χ2n) is 7.43.